The number of para-hydroxylation sites is 1. The largest absolute Gasteiger partial charge is 0.357 e. The molecule has 0 bridgehead atoms. The van der Waals surface area contributed by atoms with Crippen LogP contribution in [0.2, 0.25) is 0 Å². The fourth-order valence-electron chi connectivity index (χ4n) is 3.67. The minimum absolute atomic E-state index is 0.0741. The van der Waals surface area contributed by atoms with E-state index < -0.39 is 0 Å². The molecule has 2 N–H and O–H groups in total. The molecular formula is C22H20BrFN2O. The van der Waals surface area contributed by atoms with Crippen LogP contribution in [0.4, 0.5) is 4.39 Å². The molecule has 0 saturated heterocycles. The van der Waals surface area contributed by atoms with Crippen LogP contribution in [0.1, 0.15) is 41.0 Å². The summed E-state index contributed by atoms with van der Waals surface area (Å²) in [5.74, 6) is -0.216. The lowest BCUT2D eigenvalue weighted by Crippen LogP contribution is -1.99. The Bertz CT molecular complexity index is 1140. The van der Waals surface area contributed by atoms with E-state index in [0.29, 0.717) is 12.1 Å². The Morgan fingerprint density at radius 1 is 1.11 bits per heavy atom. The Balaban J connectivity index is 1.39. The number of H-pyrrole nitrogens is 2. The molecule has 0 saturated carbocycles. The summed E-state index contributed by atoms with van der Waals surface area (Å²) in [5.41, 5.74) is 4.98. The first-order valence-corrected chi connectivity index (χ1v) is 9.89. The normalized spacial score (nSPS) is 11.5. The number of carbonyl (C=O) groups is 1. The molecule has 2 heterocycles. The van der Waals surface area contributed by atoms with Crippen molar-refractivity contribution < 1.29 is 9.18 Å². The third-order valence-corrected chi connectivity index (χ3v) is 5.73. The van der Waals surface area contributed by atoms with Gasteiger partial charge in [0.25, 0.3) is 0 Å². The fourth-order valence-corrected chi connectivity index (χ4v) is 4.13. The van der Waals surface area contributed by atoms with Gasteiger partial charge < -0.3 is 9.97 Å². The van der Waals surface area contributed by atoms with Crippen molar-refractivity contribution in [3.05, 3.63) is 69.7 Å². The molecule has 0 fully saturated rings. The Kier molecular flexibility index (Phi) is 4.87. The van der Waals surface area contributed by atoms with E-state index in [-0.39, 0.29) is 11.6 Å². The average molecular weight is 427 g/mol. The molecule has 4 aromatic rings. The quantitative estimate of drug-likeness (QED) is 0.270. The molecule has 0 aliphatic heterocycles. The van der Waals surface area contributed by atoms with Crippen molar-refractivity contribution in [2.75, 3.05) is 0 Å². The van der Waals surface area contributed by atoms with Gasteiger partial charge in [0, 0.05) is 32.9 Å². The highest BCUT2D eigenvalue weighted by atomic mass is 79.9. The van der Waals surface area contributed by atoms with Gasteiger partial charge >= 0.3 is 0 Å². The molecule has 0 spiro atoms. The maximum atomic E-state index is 13.3. The van der Waals surface area contributed by atoms with Crippen molar-refractivity contribution in [3.63, 3.8) is 0 Å². The molecule has 0 atom stereocenters. The van der Waals surface area contributed by atoms with E-state index in [2.05, 4.69) is 38.9 Å². The molecule has 2 aromatic carbocycles. The highest BCUT2D eigenvalue weighted by Gasteiger charge is 2.12. The predicted octanol–water partition coefficient (Wildman–Crippen LogP) is 6.45. The molecule has 4 rings (SSSR count). The van der Waals surface area contributed by atoms with Crippen molar-refractivity contribution in [3.8, 4) is 0 Å². The lowest BCUT2D eigenvalue weighted by atomic mass is 10.0. The van der Waals surface area contributed by atoms with Crippen LogP contribution in [-0.2, 0) is 6.42 Å². The number of nitrogens with one attached hydrogen (secondary N) is 2. The Hall–Kier alpha value is -2.40. The Labute approximate surface area is 165 Å². The maximum absolute atomic E-state index is 13.3. The van der Waals surface area contributed by atoms with E-state index in [1.54, 1.807) is 12.1 Å². The van der Waals surface area contributed by atoms with E-state index >= 15 is 0 Å². The first-order valence-electron chi connectivity index (χ1n) is 9.10. The maximum Gasteiger partial charge on any atom is 0.179 e. The zero-order valence-electron chi connectivity index (χ0n) is 15.0. The van der Waals surface area contributed by atoms with Gasteiger partial charge in [-0.15, -0.1) is 0 Å². The summed E-state index contributed by atoms with van der Waals surface area (Å²) in [6.45, 7) is 2.09. The summed E-state index contributed by atoms with van der Waals surface area (Å²) in [5, 5.41) is 1.98. The molecule has 0 radical (unpaired) electrons. The standard InChI is InChI=1S/C22H20BrFN2O/c1-13-16(17-6-4-7-18(23)22(17)25-13)5-2-3-8-21(27)20-12-14-11-15(24)9-10-19(14)26-20/h4,6-7,9-12,25-26H,2-3,5,8H2,1H3. The zero-order chi connectivity index (χ0) is 19.0. The number of ketones is 1. The van der Waals surface area contributed by atoms with Crippen LogP contribution >= 0.6 is 15.9 Å². The van der Waals surface area contributed by atoms with Gasteiger partial charge in [0.1, 0.15) is 5.82 Å². The van der Waals surface area contributed by atoms with Crippen molar-refractivity contribution in [1.29, 1.82) is 0 Å². The van der Waals surface area contributed by atoms with Gasteiger partial charge in [0.05, 0.1) is 11.2 Å². The van der Waals surface area contributed by atoms with E-state index in [0.717, 1.165) is 40.2 Å². The van der Waals surface area contributed by atoms with Gasteiger partial charge in [-0.3, -0.25) is 4.79 Å². The van der Waals surface area contributed by atoms with E-state index in [1.165, 1.54) is 28.8 Å². The van der Waals surface area contributed by atoms with E-state index in [4.69, 9.17) is 0 Å². The lowest BCUT2D eigenvalue weighted by Gasteiger charge is -2.02. The third-order valence-electron chi connectivity index (χ3n) is 5.07. The van der Waals surface area contributed by atoms with Crippen LogP contribution in [0.5, 0.6) is 0 Å². The van der Waals surface area contributed by atoms with Crippen LogP contribution in [0.3, 0.4) is 0 Å². The van der Waals surface area contributed by atoms with Crippen LogP contribution < -0.4 is 0 Å². The second-order valence-corrected chi connectivity index (χ2v) is 7.79. The molecule has 0 aliphatic rings. The van der Waals surface area contributed by atoms with E-state index in [1.807, 2.05) is 12.1 Å². The van der Waals surface area contributed by atoms with Crippen LogP contribution in [0.15, 0.2) is 46.9 Å². The van der Waals surface area contributed by atoms with Crippen LogP contribution in [-0.4, -0.2) is 15.8 Å². The number of fused-ring (bicyclic) bond motifs is 2. The summed E-state index contributed by atoms with van der Waals surface area (Å²) in [6.07, 6.45) is 3.19. The summed E-state index contributed by atoms with van der Waals surface area (Å²) in [7, 11) is 0. The van der Waals surface area contributed by atoms with E-state index in [9.17, 15) is 9.18 Å². The predicted molar refractivity (Wildman–Crippen MR) is 111 cm³/mol. The van der Waals surface area contributed by atoms with Gasteiger partial charge in [-0.2, -0.15) is 0 Å². The van der Waals surface area contributed by atoms with Crippen molar-refractivity contribution in [2.24, 2.45) is 0 Å². The minimum Gasteiger partial charge on any atom is -0.357 e. The average Bonchev–Trinajstić information content (AvgIpc) is 3.20. The zero-order valence-corrected chi connectivity index (χ0v) is 16.6. The second-order valence-electron chi connectivity index (χ2n) is 6.94. The van der Waals surface area contributed by atoms with Gasteiger partial charge in [0.2, 0.25) is 0 Å². The van der Waals surface area contributed by atoms with Crippen LogP contribution in [0.25, 0.3) is 21.8 Å². The second kappa shape index (κ2) is 7.31. The molecular weight excluding hydrogens is 407 g/mol. The number of rotatable bonds is 6. The highest BCUT2D eigenvalue weighted by Crippen LogP contribution is 2.29. The number of hydrogen-bond acceptors (Lipinski definition) is 1. The van der Waals surface area contributed by atoms with Gasteiger partial charge in [-0.1, -0.05) is 12.1 Å². The van der Waals surface area contributed by atoms with Gasteiger partial charge in [0.15, 0.2) is 5.78 Å². The summed E-state index contributed by atoms with van der Waals surface area (Å²) < 4.78 is 14.4. The molecule has 27 heavy (non-hydrogen) atoms. The number of Topliss-reactive ketones (excluding diaryl/α,β-unsaturated/α-hetero) is 1. The molecule has 138 valence electrons. The number of hydrogen-bond donors (Lipinski definition) is 2. The molecule has 0 unspecified atom stereocenters. The molecule has 2 aromatic heterocycles. The first-order chi connectivity index (χ1) is 13.0. The fraction of sp³-hybridized carbons (Fsp3) is 0.227. The molecule has 3 nitrogen and oxygen atoms in total. The number of aromatic nitrogens is 2. The molecule has 0 aliphatic carbocycles. The van der Waals surface area contributed by atoms with Crippen LogP contribution in [0, 0.1) is 12.7 Å². The monoisotopic (exact) mass is 426 g/mol. The number of benzene rings is 2. The van der Waals surface area contributed by atoms with Gasteiger partial charge in [-0.05, 0) is 78.0 Å². The lowest BCUT2D eigenvalue weighted by molar-refractivity contribution is 0.0975. The molecule has 5 heteroatoms. The third kappa shape index (κ3) is 3.56. The van der Waals surface area contributed by atoms with Crippen molar-refractivity contribution in [1.82, 2.24) is 9.97 Å². The highest BCUT2D eigenvalue weighted by molar-refractivity contribution is 9.10. The minimum atomic E-state index is -0.291. The van der Waals surface area contributed by atoms with Crippen molar-refractivity contribution in [2.45, 2.75) is 32.6 Å². The number of unbranched alkanes of at least 4 members (excludes halogenated alkanes) is 1. The topological polar surface area (TPSA) is 48.6 Å². The van der Waals surface area contributed by atoms with Crippen molar-refractivity contribution >= 4 is 43.5 Å². The van der Waals surface area contributed by atoms with Gasteiger partial charge in [-0.25, -0.2) is 4.39 Å². The summed E-state index contributed by atoms with van der Waals surface area (Å²) >= 11 is 3.59. The number of aryl methyl sites for hydroxylation is 2. The first kappa shape index (κ1) is 18.0. The Morgan fingerprint density at radius 2 is 1.96 bits per heavy atom. The number of aromatic amines is 2. The molecule has 0 amide bonds. The Morgan fingerprint density at radius 3 is 2.81 bits per heavy atom. The SMILES string of the molecule is Cc1[nH]c2c(Br)cccc2c1CCCCC(=O)c1cc2cc(F)ccc2[nH]1. The number of halogens is 2. The smallest absolute Gasteiger partial charge is 0.179 e. The summed E-state index contributed by atoms with van der Waals surface area (Å²) in [4.78, 5) is 19.0. The number of carbonyl (C=O) groups excluding carboxylic acids is 1. The summed E-state index contributed by atoms with van der Waals surface area (Å²) in [6, 6.07) is 12.5.